The van der Waals surface area contributed by atoms with E-state index in [9.17, 15) is 0 Å². The molecule has 0 radical (unpaired) electrons. The molecule has 0 saturated carbocycles. The first-order valence-corrected chi connectivity index (χ1v) is 6.38. The van der Waals surface area contributed by atoms with Crippen molar-refractivity contribution >= 4 is 11.8 Å². The molecule has 1 fully saturated rings. The fraction of sp³-hybridized carbons (Fsp3) is 0.800. The highest BCUT2D eigenvalue weighted by Crippen LogP contribution is 2.27. The topological polar surface area (TPSA) is 52.0 Å². The Kier molecular flexibility index (Phi) is 3.83. The first-order chi connectivity index (χ1) is 7.72. The van der Waals surface area contributed by atoms with Crippen LogP contribution in [0.5, 0.6) is 0 Å². The number of nitrogens with zero attached hydrogens (tertiary/aromatic N) is 3. The normalized spacial score (nSPS) is 25.9. The second-order valence-corrected chi connectivity index (χ2v) is 5.21. The smallest absolute Gasteiger partial charge is 0.191 e. The summed E-state index contributed by atoms with van der Waals surface area (Å²) in [5.41, 5.74) is 0. The van der Waals surface area contributed by atoms with E-state index in [4.69, 9.17) is 4.74 Å². The summed E-state index contributed by atoms with van der Waals surface area (Å²) in [5.74, 6) is 0.945. The van der Waals surface area contributed by atoms with E-state index in [0.717, 1.165) is 30.6 Å². The van der Waals surface area contributed by atoms with Crippen LogP contribution in [0.1, 0.15) is 12.2 Å². The number of hydrogen-bond acceptors (Lipinski definition) is 5. The lowest BCUT2D eigenvalue weighted by Crippen LogP contribution is -2.43. The number of nitrogens with one attached hydrogen (secondary N) is 1. The molecule has 1 aliphatic heterocycles. The van der Waals surface area contributed by atoms with E-state index in [1.54, 1.807) is 11.8 Å². The number of rotatable bonds is 3. The van der Waals surface area contributed by atoms with Gasteiger partial charge in [-0.2, -0.15) is 0 Å². The minimum Gasteiger partial charge on any atom is -0.380 e. The molecule has 90 valence electrons. The predicted octanol–water partition coefficient (Wildman–Crippen LogP) is 0.593. The molecule has 1 saturated heterocycles. The molecule has 0 aromatic carbocycles. The van der Waals surface area contributed by atoms with Crippen LogP contribution in [0.15, 0.2) is 5.16 Å². The van der Waals surface area contributed by atoms with Crippen LogP contribution in [0.2, 0.25) is 0 Å². The van der Waals surface area contributed by atoms with Crippen LogP contribution in [-0.2, 0) is 11.8 Å². The summed E-state index contributed by atoms with van der Waals surface area (Å²) in [6.07, 6.45) is 1.06. The lowest BCUT2D eigenvalue weighted by atomic mass is 10.1. The maximum Gasteiger partial charge on any atom is 0.191 e. The monoisotopic (exact) mass is 242 g/mol. The molecular weight excluding hydrogens is 224 g/mol. The average Bonchev–Trinajstić information content (AvgIpc) is 2.62. The molecule has 2 unspecified atom stereocenters. The van der Waals surface area contributed by atoms with E-state index >= 15 is 0 Å². The Labute approximate surface area is 100.0 Å². The zero-order chi connectivity index (χ0) is 11.5. The quantitative estimate of drug-likeness (QED) is 0.841. The Morgan fingerprint density at radius 1 is 1.50 bits per heavy atom. The molecule has 1 aromatic heterocycles. The Morgan fingerprint density at radius 3 is 2.94 bits per heavy atom. The Hall–Kier alpha value is -0.590. The van der Waals surface area contributed by atoms with Gasteiger partial charge in [-0.1, -0.05) is 11.8 Å². The van der Waals surface area contributed by atoms with E-state index in [0.29, 0.717) is 11.3 Å². The van der Waals surface area contributed by atoms with E-state index in [-0.39, 0.29) is 0 Å². The number of hydrogen-bond donors (Lipinski definition) is 1. The number of thioether (sulfide) groups is 1. The zero-order valence-electron chi connectivity index (χ0n) is 9.93. The second kappa shape index (κ2) is 5.16. The van der Waals surface area contributed by atoms with E-state index < -0.39 is 0 Å². The van der Waals surface area contributed by atoms with Crippen molar-refractivity contribution in [3.63, 3.8) is 0 Å². The summed E-state index contributed by atoms with van der Waals surface area (Å²) in [6, 6.07) is 0.496. The third-order valence-electron chi connectivity index (χ3n) is 2.98. The minimum atomic E-state index is 0.418. The van der Waals surface area contributed by atoms with Gasteiger partial charge in [-0.3, -0.25) is 0 Å². The molecule has 0 amide bonds. The van der Waals surface area contributed by atoms with Gasteiger partial charge in [-0.05, 0) is 20.4 Å². The molecule has 1 aromatic rings. The number of aryl methyl sites for hydroxylation is 1. The molecule has 2 heterocycles. The summed E-state index contributed by atoms with van der Waals surface area (Å²) in [5, 5.41) is 13.0. The molecule has 1 N–H and O–H groups in total. The summed E-state index contributed by atoms with van der Waals surface area (Å²) in [7, 11) is 4.00. The average molecular weight is 242 g/mol. The maximum atomic E-state index is 5.51. The van der Waals surface area contributed by atoms with Crippen LogP contribution >= 0.6 is 11.8 Å². The van der Waals surface area contributed by atoms with Crippen LogP contribution in [0.3, 0.4) is 0 Å². The van der Waals surface area contributed by atoms with Crippen molar-refractivity contribution in [2.75, 3.05) is 20.3 Å². The van der Waals surface area contributed by atoms with Crippen molar-refractivity contribution in [1.82, 2.24) is 20.1 Å². The van der Waals surface area contributed by atoms with Crippen molar-refractivity contribution in [2.45, 2.75) is 29.8 Å². The largest absolute Gasteiger partial charge is 0.380 e. The molecule has 1 aliphatic rings. The first-order valence-electron chi connectivity index (χ1n) is 5.50. The van der Waals surface area contributed by atoms with Crippen LogP contribution in [0.25, 0.3) is 0 Å². The van der Waals surface area contributed by atoms with Gasteiger partial charge in [0.05, 0.1) is 11.9 Å². The number of aromatic nitrogens is 3. The Bertz CT molecular complexity index is 355. The van der Waals surface area contributed by atoms with Crippen LogP contribution in [0, 0.1) is 6.92 Å². The van der Waals surface area contributed by atoms with Crippen LogP contribution < -0.4 is 5.32 Å². The minimum absolute atomic E-state index is 0.418. The molecule has 0 spiro atoms. The van der Waals surface area contributed by atoms with Crippen molar-refractivity contribution in [2.24, 2.45) is 7.05 Å². The van der Waals surface area contributed by atoms with Crippen molar-refractivity contribution in [3.8, 4) is 0 Å². The van der Waals surface area contributed by atoms with Gasteiger partial charge < -0.3 is 14.6 Å². The fourth-order valence-electron chi connectivity index (χ4n) is 1.78. The SMILES string of the molecule is CNC1CCOCC1Sc1nnc(C)n1C. The summed E-state index contributed by atoms with van der Waals surface area (Å²) in [6.45, 7) is 3.59. The molecular formula is C10H18N4OS. The van der Waals surface area contributed by atoms with Gasteiger partial charge in [0, 0.05) is 19.7 Å². The maximum absolute atomic E-state index is 5.51. The van der Waals surface area contributed by atoms with Crippen molar-refractivity contribution in [1.29, 1.82) is 0 Å². The molecule has 6 heteroatoms. The summed E-state index contributed by atoms with van der Waals surface area (Å²) < 4.78 is 7.53. The van der Waals surface area contributed by atoms with Gasteiger partial charge in [0.25, 0.3) is 0 Å². The van der Waals surface area contributed by atoms with Gasteiger partial charge in [-0.25, -0.2) is 0 Å². The molecule has 5 nitrogen and oxygen atoms in total. The van der Waals surface area contributed by atoms with Crippen LogP contribution in [0.4, 0.5) is 0 Å². The molecule has 2 rings (SSSR count). The zero-order valence-corrected chi connectivity index (χ0v) is 10.8. The van der Waals surface area contributed by atoms with Crippen molar-refractivity contribution < 1.29 is 4.74 Å². The lowest BCUT2D eigenvalue weighted by molar-refractivity contribution is 0.0849. The molecule has 0 bridgehead atoms. The predicted molar refractivity (Wildman–Crippen MR) is 63.7 cm³/mol. The lowest BCUT2D eigenvalue weighted by Gasteiger charge is -2.30. The highest BCUT2D eigenvalue weighted by molar-refractivity contribution is 7.99. The Morgan fingerprint density at radius 2 is 2.31 bits per heavy atom. The van der Waals surface area contributed by atoms with Gasteiger partial charge in [0.1, 0.15) is 5.82 Å². The summed E-state index contributed by atoms with van der Waals surface area (Å²) >= 11 is 1.75. The highest BCUT2D eigenvalue weighted by atomic mass is 32.2. The highest BCUT2D eigenvalue weighted by Gasteiger charge is 2.26. The second-order valence-electron chi connectivity index (χ2n) is 4.00. The van der Waals surface area contributed by atoms with E-state index in [1.165, 1.54) is 0 Å². The van der Waals surface area contributed by atoms with E-state index in [1.807, 2.05) is 25.6 Å². The number of ether oxygens (including phenoxy) is 1. The summed E-state index contributed by atoms with van der Waals surface area (Å²) in [4.78, 5) is 0. The Balaban J connectivity index is 2.05. The van der Waals surface area contributed by atoms with Crippen molar-refractivity contribution in [3.05, 3.63) is 5.82 Å². The standard InChI is InChI=1S/C10H18N4OS/c1-7-12-13-10(14(7)3)16-9-6-15-5-4-8(9)11-2/h8-9,11H,4-6H2,1-3H3. The van der Waals surface area contributed by atoms with Gasteiger partial charge >= 0.3 is 0 Å². The third-order valence-corrected chi connectivity index (χ3v) is 4.32. The molecule has 2 atom stereocenters. The van der Waals surface area contributed by atoms with Crippen LogP contribution in [-0.4, -0.2) is 46.3 Å². The first kappa shape index (κ1) is 11.9. The molecule has 16 heavy (non-hydrogen) atoms. The van der Waals surface area contributed by atoms with Gasteiger partial charge in [0.15, 0.2) is 5.16 Å². The van der Waals surface area contributed by atoms with Gasteiger partial charge in [0.2, 0.25) is 0 Å². The fourth-order valence-corrected chi connectivity index (χ4v) is 3.03. The van der Waals surface area contributed by atoms with E-state index in [2.05, 4.69) is 15.5 Å². The molecule has 0 aliphatic carbocycles. The third kappa shape index (κ3) is 2.39. The van der Waals surface area contributed by atoms with Gasteiger partial charge in [-0.15, -0.1) is 10.2 Å².